The largest absolute Gasteiger partial charge is 0.506 e. The van der Waals surface area contributed by atoms with Gasteiger partial charge < -0.3 is 86.0 Å². The molecule has 3 aliphatic rings. The highest BCUT2D eigenvalue weighted by molar-refractivity contribution is 6.08. The van der Waals surface area contributed by atoms with E-state index in [-0.39, 0.29) is 80.0 Å². The molecule has 2 fully saturated rings. The second-order valence-electron chi connectivity index (χ2n) is 15.1. The number of amides is 3. The van der Waals surface area contributed by atoms with Crippen molar-refractivity contribution in [1.29, 1.82) is 0 Å². The van der Waals surface area contributed by atoms with Crippen LogP contribution in [0.2, 0.25) is 0 Å². The number of carboxylic acids is 2. The summed E-state index contributed by atoms with van der Waals surface area (Å²) in [6, 6.07) is 8.78. The van der Waals surface area contributed by atoms with E-state index in [0.29, 0.717) is 35.2 Å². The Balaban J connectivity index is 0.00000102. The van der Waals surface area contributed by atoms with E-state index >= 15 is 0 Å². The maximum atomic E-state index is 11.8. The number of rotatable bonds is 14. The molecule has 27 nitrogen and oxygen atoms in total. The lowest BCUT2D eigenvalue weighted by Gasteiger charge is -2.38. The summed E-state index contributed by atoms with van der Waals surface area (Å²) >= 11 is 0. The van der Waals surface area contributed by atoms with Crippen molar-refractivity contribution in [2.45, 2.75) is 115 Å². The van der Waals surface area contributed by atoms with Gasteiger partial charge in [0.2, 0.25) is 23.5 Å². The Morgan fingerprint density at radius 2 is 1.23 bits per heavy atom. The van der Waals surface area contributed by atoms with Gasteiger partial charge in [-0.15, -0.1) is 0 Å². The van der Waals surface area contributed by atoms with Crippen LogP contribution in [0, 0.1) is 5.92 Å². The monoisotopic (exact) mass is 1040 g/mol. The van der Waals surface area contributed by atoms with E-state index in [1.54, 1.807) is 39.0 Å². The minimum Gasteiger partial charge on any atom is -0.506 e. The molecule has 3 amide bonds. The molecule has 0 bridgehead atoms. The Morgan fingerprint density at radius 3 is 1.74 bits per heavy atom. The number of carbonyl (C=O) groups excluding carboxylic acids is 8. The number of ketones is 1. The van der Waals surface area contributed by atoms with Crippen molar-refractivity contribution < 1.29 is 122 Å². The molecule has 0 radical (unpaired) electrons. The number of aliphatic hydroxyl groups is 7. The topological polar surface area (TPSA) is 446 Å². The molecule has 2 aromatic carbocycles. The number of nitrogens with one attached hydrogen (secondary N) is 3. The molecule has 1 saturated heterocycles. The minimum atomic E-state index is -1.81. The van der Waals surface area contributed by atoms with Crippen LogP contribution in [-0.4, -0.2) is 161 Å². The van der Waals surface area contributed by atoms with Crippen molar-refractivity contribution in [3.63, 3.8) is 0 Å². The van der Waals surface area contributed by atoms with Crippen molar-refractivity contribution >= 4 is 65.9 Å². The molecule has 402 valence electrons. The smallest absolute Gasteiger partial charge is 0.373 e. The summed E-state index contributed by atoms with van der Waals surface area (Å²) in [4.78, 5) is 104. The van der Waals surface area contributed by atoms with Crippen molar-refractivity contribution in [2.75, 3.05) is 10.6 Å². The van der Waals surface area contributed by atoms with Gasteiger partial charge >= 0.3 is 18.1 Å². The molecule has 1 heterocycles. The summed E-state index contributed by atoms with van der Waals surface area (Å²) in [7, 11) is 0. The van der Waals surface area contributed by atoms with E-state index < -0.39 is 85.9 Å². The zero-order chi connectivity index (χ0) is 57.3. The standard InChI is InChI=1S/C18H23NO9.C11H13NO4.C10H11NO2.C6H10O7.CO2.H2/c1-2-14(21)19-11-5-9(7-27-8-20)3-4-12(11)28-13-6-10(18(25)26)15(22)17(24)16(13)23;1-2-11(15)12-9-5-8(6-16-7-13)3-4-10(9)14;1-3-10(13)11-8-6-7(2)4-5-9(8)12;7-1-2(8)4(5(10)11)13-6(12)3(1)9;2-1-3;/h3-5,8,10,13,15-17,22-24H,2,6-7H2,1H3,(H,19,21)(H,25,26);3-5,7,14H,2,6H2,1H3,(H,12,15);4-6H,2-3H2,1H3,(H,11,13);1-4,6-9,12H,(H,10,11);;1H/t10?,13-,15-,16?,17+;;;1-,2-,3?,4?,6+;;/m1..0../s1/i8D;7D;;;;1+1. The first-order chi connectivity index (χ1) is 35.1. The molecule has 0 aromatic heterocycles. The van der Waals surface area contributed by atoms with Crippen LogP contribution >= 0.6 is 0 Å². The number of ether oxygens (including phenoxy) is 4. The zero-order valence-corrected chi connectivity index (χ0v) is 39.1. The number of phenols is 1. The van der Waals surface area contributed by atoms with Crippen molar-refractivity contribution in [3.05, 3.63) is 83.6 Å². The summed E-state index contributed by atoms with van der Waals surface area (Å²) in [6.07, 6.45) is -11.8. The third kappa shape index (κ3) is 20.9. The van der Waals surface area contributed by atoms with Gasteiger partial charge in [-0.05, 0) is 53.1 Å². The average Bonchev–Trinajstić information content (AvgIpc) is 3.36. The lowest BCUT2D eigenvalue weighted by molar-refractivity contribution is -0.279. The van der Waals surface area contributed by atoms with Gasteiger partial charge in [0, 0.05) is 27.1 Å². The van der Waals surface area contributed by atoms with Crippen LogP contribution in [0.5, 0.6) is 11.5 Å². The van der Waals surface area contributed by atoms with Crippen LogP contribution in [-0.2, 0) is 75.4 Å². The van der Waals surface area contributed by atoms with Gasteiger partial charge in [0.15, 0.2) is 15.1 Å². The molecule has 27 heteroatoms. The maximum absolute atomic E-state index is 11.8. The lowest BCUT2D eigenvalue weighted by atomic mass is 9.80. The normalized spacial score (nSPS) is 23.9. The van der Waals surface area contributed by atoms with Gasteiger partial charge in [0.25, 0.3) is 12.9 Å². The van der Waals surface area contributed by atoms with E-state index in [2.05, 4.69) is 36.7 Å². The summed E-state index contributed by atoms with van der Waals surface area (Å²) in [6.45, 7) is 8.43. The number of allylic oxidation sites excluding steroid dienone is 4. The van der Waals surface area contributed by atoms with Gasteiger partial charge in [-0.3, -0.25) is 33.6 Å². The fourth-order valence-electron chi connectivity index (χ4n) is 6.04. The molecule has 1 saturated carbocycles. The van der Waals surface area contributed by atoms with E-state index in [9.17, 15) is 63.9 Å². The van der Waals surface area contributed by atoms with Crippen LogP contribution in [0.25, 0.3) is 0 Å². The number of aliphatic carboxylic acids is 2. The quantitative estimate of drug-likeness (QED) is 0.0771. The highest BCUT2D eigenvalue weighted by atomic mass is 16.6. The number of carbonyl (C=O) groups is 8. The van der Waals surface area contributed by atoms with Crippen LogP contribution in [0.3, 0.4) is 0 Å². The van der Waals surface area contributed by atoms with Gasteiger partial charge in [0.05, 0.1) is 29.1 Å². The van der Waals surface area contributed by atoms with Gasteiger partial charge in [-0.2, -0.15) is 9.59 Å². The summed E-state index contributed by atoms with van der Waals surface area (Å²) in [5.41, 5.74) is 2.48. The first-order valence-electron chi connectivity index (χ1n) is 22.4. The fraction of sp³-hybridized carbons (Fsp3) is 0.413. The maximum Gasteiger partial charge on any atom is 0.373 e. The Kier molecular flexibility index (Phi) is 26.4. The minimum absolute atomic E-state index is 0. The highest BCUT2D eigenvalue weighted by Crippen LogP contribution is 2.34. The van der Waals surface area contributed by atoms with Crippen LogP contribution in [0.15, 0.2) is 72.5 Å². The van der Waals surface area contributed by atoms with Crippen LogP contribution < -0.4 is 20.7 Å². The third-order valence-corrected chi connectivity index (χ3v) is 9.94. The Morgan fingerprint density at radius 1 is 0.740 bits per heavy atom. The molecule has 10 atom stereocenters. The first kappa shape index (κ1) is 59.6. The van der Waals surface area contributed by atoms with Crippen molar-refractivity contribution in [2.24, 2.45) is 5.92 Å². The molecule has 0 spiro atoms. The Hall–Kier alpha value is -7.72. The van der Waals surface area contributed by atoms with E-state index in [1.165, 1.54) is 36.4 Å². The Bertz CT molecular complexity index is 2450. The van der Waals surface area contributed by atoms with Gasteiger partial charge in [-0.1, -0.05) is 45.6 Å². The van der Waals surface area contributed by atoms with Crippen molar-refractivity contribution in [3.8, 4) is 11.5 Å². The molecule has 73 heavy (non-hydrogen) atoms. The van der Waals surface area contributed by atoms with Crippen molar-refractivity contribution in [1.82, 2.24) is 5.32 Å². The average molecular weight is 1040 g/mol. The summed E-state index contributed by atoms with van der Waals surface area (Å²) < 4.78 is 32.5. The molecule has 4 unspecified atom stereocenters. The number of hydrogen-bond donors (Lipinski definition) is 13. The molecular weight excluding hydrogens is 979 g/mol. The number of carboxylic acid groups (broad SMARTS) is 2. The lowest BCUT2D eigenvalue weighted by Crippen LogP contribution is -2.59. The Labute approximate surface area is 419 Å². The second-order valence-corrected chi connectivity index (χ2v) is 15.1. The molecule has 13 N–H and O–H groups in total. The number of aromatic hydroxyl groups is 1. The van der Waals surface area contributed by atoms with E-state index in [4.69, 9.17) is 42.6 Å². The number of aliphatic hydroxyl groups excluding tert-OH is 7. The SMILES string of the molecule is C=C1C=CC(=O)C(NC(=O)CC)=C1.O=C(O)C1O[C@@H](O)C(O)[C@@H](O)[C@@H]1O.O=C=O.[2HH].[2H]C(=O)OCc1ccc(O)c(NC(=O)CC)c1.[2H]C(=O)OCc1ccc(O[C@@H]2CC(C(=O)O)[C@@H](O)[C@H](O)C2O)c(NC(=O)CC)c1. The first-order valence-corrected chi connectivity index (χ1v) is 21.4. The van der Waals surface area contributed by atoms with Gasteiger partial charge in [-0.25, -0.2) is 4.79 Å². The summed E-state index contributed by atoms with van der Waals surface area (Å²) in [5, 5.41) is 101. The van der Waals surface area contributed by atoms with E-state index in [0.717, 1.165) is 0 Å². The second kappa shape index (κ2) is 32.3. The third-order valence-electron chi connectivity index (χ3n) is 9.94. The zero-order valence-electron chi connectivity index (χ0n) is 41.1. The number of anilines is 2. The number of hydrogen-bond acceptors (Lipinski definition) is 22. The molecule has 2 aromatic rings. The fourth-order valence-corrected chi connectivity index (χ4v) is 6.04. The predicted molar refractivity (Wildman–Crippen MR) is 246 cm³/mol. The molecule has 5 rings (SSSR count). The highest BCUT2D eigenvalue weighted by Gasteiger charge is 2.48. The molecular formula is C46H59N3O24. The number of phenolic OH excluding ortho intramolecular Hbond substituents is 1. The van der Waals surface area contributed by atoms with Crippen LogP contribution in [0.4, 0.5) is 11.4 Å². The molecule has 2 aliphatic carbocycles. The van der Waals surface area contributed by atoms with E-state index in [1.807, 2.05) is 0 Å². The summed E-state index contributed by atoms with van der Waals surface area (Å²) in [5.74, 6) is -5.11. The van der Waals surface area contributed by atoms with Crippen LogP contribution in [0.1, 0.15) is 61.7 Å². The predicted octanol–water partition coefficient (Wildman–Crippen LogP) is -1.32. The van der Waals surface area contributed by atoms with Gasteiger partial charge in [0.1, 0.15) is 61.3 Å². The molecule has 1 aliphatic heterocycles. The number of benzene rings is 2.